The predicted octanol–water partition coefficient (Wildman–Crippen LogP) is 2.09. The van der Waals surface area contributed by atoms with E-state index in [9.17, 15) is 18.0 Å². The van der Waals surface area contributed by atoms with Gasteiger partial charge in [-0.25, -0.2) is 8.42 Å². The Morgan fingerprint density at radius 2 is 1.76 bits per heavy atom. The van der Waals surface area contributed by atoms with Crippen molar-refractivity contribution in [3.05, 3.63) is 29.8 Å². The summed E-state index contributed by atoms with van der Waals surface area (Å²) < 4.78 is 27.4. The Balaban J connectivity index is 1.71. The summed E-state index contributed by atoms with van der Waals surface area (Å²) in [7, 11) is -3.70. The van der Waals surface area contributed by atoms with Crippen LogP contribution in [-0.2, 0) is 14.8 Å². The molecule has 1 aliphatic carbocycles. The molecule has 1 heterocycles. The molecule has 0 spiro atoms. The van der Waals surface area contributed by atoms with Gasteiger partial charge in [0.15, 0.2) is 0 Å². The third-order valence-electron chi connectivity index (χ3n) is 6.44. The van der Waals surface area contributed by atoms with Gasteiger partial charge in [0.2, 0.25) is 15.9 Å². The Morgan fingerprint density at radius 1 is 1.07 bits per heavy atom. The first-order valence-electron chi connectivity index (χ1n) is 10.4. The van der Waals surface area contributed by atoms with Gasteiger partial charge in [-0.1, -0.05) is 32.8 Å². The number of nitrogens with one attached hydrogen (secondary N) is 1. The zero-order chi connectivity index (χ0) is 21.2. The molecule has 2 amide bonds. The maximum absolute atomic E-state index is 13.0. The second-order valence-electron chi connectivity index (χ2n) is 8.29. The summed E-state index contributed by atoms with van der Waals surface area (Å²) in [6.45, 7) is 7.14. The first kappa shape index (κ1) is 21.8. The summed E-state index contributed by atoms with van der Waals surface area (Å²) in [6, 6.07) is 6.36. The lowest BCUT2D eigenvalue weighted by Gasteiger charge is -2.34. The molecule has 0 radical (unpaired) electrons. The van der Waals surface area contributed by atoms with Crippen LogP contribution >= 0.6 is 0 Å². The number of amides is 2. The number of carbonyl (C=O) groups is 2. The van der Waals surface area contributed by atoms with E-state index in [-0.39, 0.29) is 35.8 Å². The minimum Gasteiger partial charge on any atom is -0.349 e. The topological polar surface area (TPSA) is 86.8 Å². The van der Waals surface area contributed by atoms with E-state index >= 15 is 0 Å². The summed E-state index contributed by atoms with van der Waals surface area (Å²) >= 11 is 0. The van der Waals surface area contributed by atoms with Gasteiger partial charge in [-0.05, 0) is 36.5 Å². The molecule has 160 valence electrons. The Morgan fingerprint density at radius 3 is 2.41 bits per heavy atom. The predicted molar refractivity (Wildman–Crippen MR) is 111 cm³/mol. The number of carbonyl (C=O) groups excluding carboxylic acids is 2. The van der Waals surface area contributed by atoms with Gasteiger partial charge in [0, 0.05) is 44.7 Å². The van der Waals surface area contributed by atoms with Gasteiger partial charge < -0.3 is 10.2 Å². The first-order valence-corrected chi connectivity index (χ1v) is 11.8. The van der Waals surface area contributed by atoms with Crippen molar-refractivity contribution in [3.63, 3.8) is 0 Å². The number of benzene rings is 1. The normalized spacial score (nSPS) is 26.2. The van der Waals surface area contributed by atoms with Gasteiger partial charge in [-0.15, -0.1) is 0 Å². The molecule has 3 rings (SSSR count). The van der Waals surface area contributed by atoms with Crippen LogP contribution in [0.2, 0.25) is 0 Å². The fourth-order valence-electron chi connectivity index (χ4n) is 4.23. The van der Waals surface area contributed by atoms with E-state index in [1.807, 2.05) is 0 Å². The van der Waals surface area contributed by atoms with Crippen molar-refractivity contribution in [2.75, 3.05) is 26.2 Å². The van der Waals surface area contributed by atoms with Crippen LogP contribution in [0.3, 0.4) is 0 Å². The molecule has 1 saturated carbocycles. The fraction of sp³-hybridized carbons (Fsp3) is 0.619. The van der Waals surface area contributed by atoms with Crippen molar-refractivity contribution in [3.8, 4) is 0 Å². The average Bonchev–Trinajstić information content (AvgIpc) is 2.71. The van der Waals surface area contributed by atoms with Crippen molar-refractivity contribution >= 4 is 21.8 Å². The van der Waals surface area contributed by atoms with Gasteiger partial charge in [0.05, 0.1) is 4.90 Å². The van der Waals surface area contributed by atoms with Gasteiger partial charge in [0.1, 0.15) is 0 Å². The molecule has 1 aromatic carbocycles. The maximum atomic E-state index is 13.0. The van der Waals surface area contributed by atoms with Crippen LogP contribution in [0.1, 0.15) is 50.4 Å². The van der Waals surface area contributed by atoms with Crippen molar-refractivity contribution < 1.29 is 18.0 Å². The summed E-state index contributed by atoms with van der Waals surface area (Å²) in [5.41, 5.74) is 0.360. The zero-order valence-electron chi connectivity index (χ0n) is 17.4. The van der Waals surface area contributed by atoms with Gasteiger partial charge >= 0.3 is 0 Å². The molecule has 3 atom stereocenters. The summed E-state index contributed by atoms with van der Waals surface area (Å²) in [5.74, 6) is 0.688. The molecule has 0 unspecified atom stereocenters. The molecule has 8 heteroatoms. The van der Waals surface area contributed by atoms with Gasteiger partial charge in [0.25, 0.3) is 5.91 Å². The van der Waals surface area contributed by atoms with Crippen LogP contribution in [0.4, 0.5) is 0 Å². The van der Waals surface area contributed by atoms with E-state index in [0.29, 0.717) is 30.5 Å². The molecule has 1 aliphatic heterocycles. The van der Waals surface area contributed by atoms with Crippen molar-refractivity contribution in [2.24, 2.45) is 11.8 Å². The van der Waals surface area contributed by atoms with Crippen LogP contribution in [0.15, 0.2) is 29.2 Å². The third kappa shape index (κ3) is 4.80. The lowest BCUT2D eigenvalue weighted by molar-refractivity contribution is -0.129. The second-order valence-corrected chi connectivity index (χ2v) is 10.2. The van der Waals surface area contributed by atoms with Crippen LogP contribution in [0, 0.1) is 11.8 Å². The molecule has 1 N–H and O–H groups in total. The van der Waals surface area contributed by atoms with E-state index in [0.717, 1.165) is 12.8 Å². The summed E-state index contributed by atoms with van der Waals surface area (Å²) in [4.78, 5) is 26.0. The molecule has 0 aromatic heterocycles. The molecule has 29 heavy (non-hydrogen) atoms. The smallest absolute Gasteiger partial charge is 0.251 e. The fourth-order valence-corrected chi connectivity index (χ4v) is 5.70. The summed E-state index contributed by atoms with van der Waals surface area (Å²) in [6.07, 6.45) is 3.23. The van der Waals surface area contributed by atoms with E-state index in [1.165, 1.54) is 29.8 Å². The highest BCUT2D eigenvalue weighted by atomic mass is 32.2. The van der Waals surface area contributed by atoms with Crippen LogP contribution < -0.4 is 5.32 Å². The molecule has 1 aromatic rings. The van der Waals surface area contributed by atoms with E-state index in [2.05, 4.69) is 19.2 Å². The maximum Gasteiger partial charge on any atom is 0.251 e. The lowest BCUT2D eigenvalue weighted by Crippen LogP contribution is -2.49. The number of nitrogens with zero attached hydrogens (tertiary/aromatic N) is 2. The van der Waals surface area contributed by atoms with E-state index in [1.54, 1.807) is 17.0 Å². The number of hydrogen-bond donors (Lipinski definition) is 1. The summed E-state index contributed by atoms with van der Waals surface area (Å²) in [5, 5.41) is 3.10. The minimum atomic E-state index is -3.70. The number of hydrogen-bond acceptors (Lipinski definition) is 4. The average molecular weight is 422 g/mol. The quantitative estimate of drug-likeness (QED) is 0.807. The molecule has 1 saturated heterocycles. The first-order chi connectivity index (χ1) is 13.7. The van der Waals surface area contributed by atoms with Crippen molar-refractivity contribution in [2.45, 2.75) is 51.0 Å². The number of rotatable bonds is 4. The third-order valence-corrected chi connectivity index (χ3v) is 8.34. The van der Waals surface area contributed by atoms with Gasteiger partial charge in [-0.2, -0.15) is 4.31 Å². The number of sulfonamides is 1. The highest BCUT2D eigenvalue weighted by Gasteiger charge is 2.31. The van der Waals surface area contributed by atoms with Crippen molar-refractivity contribution in [1.82, 2.24) is 14.5 Å². The second kappa shape index (κ2) is 8.83. The Hall–Kier alpha value is -1.93. The van der Waals surface area contributed by atoms with Crippen LogP contribution in [0.5, 0.6) is 0 Å². The number of piperazine rings is 1. The van der Waals surface area contributed by atoms with Crippen LogP contribution in [-0.4, -0.2) is 61.7 Å². The SMILES string of the molecule is CC(=O)N1CCN(S(=O)(=O)c2cccc(C(=O)N[C@@H]3CCC[C@H](C)[C@@H]3C)c2)CC1. The van der Waals surface area contributed by atoms with E-state index < -0.39 is 10.0 Å². The zero-order valence-corrected chi connectivity index (χ0v) is 18.2. The highest BCUT2D eigenvalue weighted by Crippen LogP contribution is 2.29. The lowest BCUT2D eigenvalue weighted by atomic mass is 9.78. The van der Waals surface area contributed by atoms with Crippen LogP contribution in [0.25, 0.3) is 0 Å². The Kier molecular flexibility index (Phi) is 6.63. The van der Waals surface area contributed by atoms with Gasteiger partial charge in [-0.3, -0.25) is 9.59 Å². The Labute approximate surface area is 173 Å². The Bertz CT molecular complexity index is 862. The molecular weight excluding hydrogens is 390 g/mol. The monoisotopic (exact) mass is 421 g/mol. The molecule has 2 aliphatic rings. The molecule has 2 fully saturated rings. The van der Waals surface area contributed by atoms with Crippen molar-refractivity contribution in [1.29, 1.82) is 0 Å². The largest absolute Gasteiger partial charge is 0.349 e. The molecule has 0 bridgehead atoms. The minimum absolute atomic E-state index is 0.0491. The highest BCUT2D eigenvalue weighted by molar-refractivity contribution is 7.89. The molecular formula is C21H31N3O4S. The molecule has 7 nitrogen and oxygen atoms in total. The standard InChI is InChI=1S/C21H31N3O4S/c1-15-6-4-9-20(16(15)2)22-21(26)18-7-5-8-19(14-18)29(27,28)24-12-10-23(11-13-24)17(3)25/h5,7-8,14-16,20H,4,6,9-13H2,1-3H3,(H,22,26)/t15-,16-,20+/m0/s1. The van der Waals surface area contributed by atoms with E-state index in [4.69, 9.17) is 0 Å².